The lowest BCUT2D eigenvalue weighted by molar-refractivity contribution is 0.294. The summed E-state index contributed by atoms with van der Waals surface area (Å²) >= 11 is 0. The van der Waals surface area contributed by atoms with Gasteiger partial charge in [-0.1, -0.05) is 42.5 Å². The number of hydrogen-bond acceptors (Lipinski definition) is 2. The molecule has 1 aromatic rings. The Labute approximate surface area is 103 Å². The normalized spacial score (nSPS) is 12.3. The lowest BCUT2D eigenvalue weighted by atomic mass is 10.2. The van der Waals surface area contributed by atoms with Crippen molar-refractivity contribution in [2.75, 3.05) is 14.2 Å². The first kappa shape index (κ1) is 13.1. The van der Waals surface area contributed by atoms with E-state index in [0.717, 1.165) is 17.1 Å². The summed E-state index contributed by atoms with van der Waals surface area (Å²) in [5.41, 5.74) is 1.06. The summed E-state index contributed by atoms with van der Waals surface area (Å²) in [6, 6.07) is 7.90. The van der Waals surface area contributed by atoms with Crippen molar-refractivity contribution in [3.05, 3.63) is 59.9 Å². The Kier molecular flexibility index (Phi) is 5.66. The van der Waals surface area contributed by atoms with Gasteiger partial charge in [0.05, 0.1) is 20.0 Å². The highest BCUT2D eigenvalue weighted by Gasteiger charge is 1.94. The fourth-order valence-corrected chi connectivity index (χ4v) is 1.29. The van der Waals surface area contributed by atoms with Crippen LogP contribution in [0.1, 0.15) is 12.5 Å². The second kappa shape index (κ2) is 7.34. The fraction of sp³-hybridized carbons (Fsp3) is 0.200. The second-order valence-corrected chi connectivity index (χ2v) is 3.47. The molecule has 0 amide bonds. The number of rotatable bonds is 5. The zero-order chi connectivity index (χ0) is 12.5. The second-order valence-electron chi connectivity index (χ2n) is 3.47. The van der Waals surface area contributed by atoms with Crippen LogP contribution in [0.25, 0.3) is 6.08 Å². The summed E-state index contributed by atoms with van der Waals surface area (Å²) in [7, 11) is 3.33. The Balaban J connectivity index is 2.65. The zero-order valence-electron chi connectivity index (χ0n) is 10.5. The average Bonchev–Trinajstić information content (AvgIpc) is 2.38. The van der Waals surface area contributed by atoms with Crippen LogP contribution >= 0.6 is 0 Å². The maximum Gasteiger partial charge on any atom is 0.126 e. The topological polar surface area (TPSA) is 18.5 Å². The first-order valence-corrected chi connectivity index (χ1v) is 5.46. The third kappa shape index (κ3) is 4.60. The summed E-state index contributed by atoms with van der Waals surface area (Å²) in [6.07, 6.45) is 9.77. The van der Waals surface area contributed by atoms with Gasteiger partial charge in [-0.05, 0) is 19.1 Å². The van der Waals surface area contributed by atoms with Crippen molar-refractivity contribution in [1.29, 1.82) is 0 Å². The third-order valence-electron chi connectivity index (χ3n) is 2.29. The maximum atomic E-state index is 5.25. The SMILES string of the molecule is CO/C(C)=C/C=C\C=C\c1ccccc1OC. The average molecular weight is 230 g/mol. The first-order chi connectivity index (χ1) is 8.27. The molecule has 0 heterocycles. The van der Waals surface area contributed by atoms with Crippen molar-refractivity contribution in [2.24, 2.45) is 0 Å². The molecule has 0 fully saturated rings. The molecule has 2 nitrogen and oxygen atoms in total. The minimum atomic E-state index is 0.876. The van der Waals surface area contributed by atoms with E-state index >= 15 is 0 Å². The number of benzene rings is 1. The predicted molar refractivity (Wildman–Crippen MR) is 71.9 cm³/mol. The van der Waals surface area contributed by atoms with E-state index in [1.165, 1.54) is 0 Å². The predicted octanol–water partition coefficient (Wildman–Crippen LogP) is 3.81. The van der Waals surface area contributed by atoms with Gasteiger partial charge >= 0.3 is 0 Å². The van der Waals surface area contributed by atoms with Gasteiger partial charge in [-0.3, -0.25) is 0 Å². The van der Waals surface area contributed by atoms with E-state index in [1.54, 1.807) is 14.2 Å². The van der Waals surface area contributed by atoms with Crippen LogP contribution in [0.5, 0.6) is 5.75 Å². The zero-order valence-corrected chi connectivity index (χ0v) is 10.5. The highest BCUT2D eigenvalue weighted by atomic mass is 16.5. The van der Waals surface area contributed by atoms with Gasteiger partial charge in [-0.25, -0.2) is 0 Å². The van der Waals surface area contributed by atoms with Crippen LogP contribution in [0.2, 0.25) is 0 Å². The molecule has 0 aliphatic heterocycles. The minimum absolute atomic E-state index is 0.876. The molecule has 0 aliphatic rings. The Morgan fingerprint density at radius 3 is 2.53 bits per heavy atom. The van der Waals surface area contributed by atoms with E-state index in [-0.39, 0.29) is 0 Å². The van der Waals surface area contributed by atoms with E-state index in [4.69, 9.17) is 9.47 Å². The molecule has 90 valence electrons. The number of methoxy groups -OCH3 is 2. The molecule has 17 heavy (non-hydrogen) atoms. The van der Waals surface area contributed by atoms with Crippen molar-refractivity contribution >= 4 is 6.08 Å². The standard InChI is InChI=1S/C15H18O2/c1-13(16-2)9-5-4-6-10-14-11-7-8-12-15(14)17-3/h4-12H,1-3H3/b5-4-,10-6+,13-9+. The molecule has 2 heteroatoms. The van der Waals surface area contributed by atoms with Gasteiger partial charge in [0, 0.05) is 5.56 Å². The van der Waals surface area contributed by atoms with Gasteiger partial charge in [-0.2, -0.15) is 0 Å². The highest BCUT2D eigenvalue weighted by molar-refractivity contribution is 5.58. The molecule has 0 aliphatic carbocycles. The van der Waals surface area contributed by atoms with E-state index in [9.17, 15) is 0 Å². The van der Waals surface area contributed by atoms with E-state index < -0.39 is 0 Å². The van der Waals surface area contributed by atoms with Gasteiger partial charge in [0.25, 0.3) is 0 Å². The number of ether oxygens (including phenoxy) is 2. The van der Waals surface area contributed by atoms with Gasteiger partial charge in [-0.15, -0.1) is 0 Å². The molecule has 0 atom stereocenters. The summed E-state index contributed by atoms with van der Waals surface area (Å²) in [6.45, 7) is 1.91. The lowest BCUT2D eigenvalue weighted by Gasteiger charge is -2.02. The third-order valence-corrected chi connectivity index (χ3v) is 2.29. The molecule has 0 spiro atoms. The van der Waals surface area contributed by atoms with Crippen molar-refractivity contribution in [2.45, 2.75) is 6.92 Å². The van der Waals surface area contributed by atoms with Crippen LogP contribution in [-0.4, -0.2) is 14.2 Å². The molecule has 1 rings (SSSR count). The van der Waals surface area contributed by atoms with Crippen molar-refractivity contribution in [3.63, 3.8) is 0 Å². The van der Waals surface area contributed by atoms with Crippen molar-refractivity contribution < 1.29 is 9.47 Å². The van der Waals surface area contributed by atoms with E-state index in [1.807, 2.05) is 61.6 Å². The number of para-hydroxylation sites is 1. The summed E-state index contributed by atoms with van der Waals surface area (Å²) in [5.74, 6) is 1.76. The largest absolute Gasteiger partial charge is 0.501 e. The Bertz CT molecular complexity index is 428. The molecule has 0 N–H and O–H groups in total. The van der Waals surface area contributed by atoms with Crippen molar-refractivity contribution in [3.8, 4) is 5.75 Å². The first-order valence-electron chi connectivity index (χ1n) is 5.46. The molecule has 0 saturated heterocycles. The van der Waals surface area contributed by atoms with Crippen LogP contribution in [0.15, 0.2) is 54.3 Å². The molecule has 0 bridgehead atoms. The molecule has 0 saturated carbocycles. The maximum absolute atomic E-state index is 5.25. The smallest absolute Gasteiger partial charge is 0.126 e. The molecule has 1 aromatic carbocycles. The monoisotopic (exact) mass is 230 g/mol. The Morgan fingerprint density at radius 1 is 1.06 bits per heavy atom. The number of hydrogen-bond donors (Lipinski definition) is 0. The molecular weight excluding hydrogens is 212 g/mol. The van der Waals surface area contributed by atoms with E-state index in [0.29, 0.717) is 0 Å². The van der Waals surface area contributed by atoms with Crippen LogP contribution in [-0.2, 0) is 4.74 Å². The van der Waals surface area contributed by atoms with Gasteiger partial charge in [0.15, 0.2) is 0 Å². The Morgan fingerprint density at radius 2 is 1.82 bits per heavy atom. The van der Waals surface area contributed by atoms with Crippen LogP contribution < -0.4 is 4.74 Å². The van der Waals surface area contributed by atoms with Crippen LogP contribution in [0.4, 0.5) is 0 Å². The summed E-state index contributed by atoms with van der Waals surface area (Å²) < 4.78 is 10.3. The lowest BCUT2D eigenvalue weighted by Crippen LogP contribution is -1.84. The quantitative estimate of drug-likeness (QED) is 0.565. The van der Waals surface area contributed by atoms with Crippen LogP contribution in [0, 0.1) is 0 Å². The Hall–Kier alpha value is -1.96. The molecular formula is C15H18O2. The molecule has 0 aromatic heterocycles. The molecule has 0 radical (unpaired) electrons. The number of allylic oxidation sites excluding steroid dienone is 5. The van der Waals surface area contributed by atoms with Crippen LogP contribution in [0.3, 0.4) is 0 Å². The van der Waals surface area contributed by atoms with Gasteiger partial charge in [0.2, 0.25) is 0 Å². The van der Waals surface area contributed by atoms with Gasteiger partial charge < -0.3 is 9.47 Å². The summed E-state index contributed by atoms with van der Waals surface area (Å²) in [5, 5.41) is 0. The van der Waals surface area contributed by atoms with Crippen molar-refractivity contribution in [1.82, 2.24) is 0 Å². The minimum Gasteiger partial charge on any atom is -0.501 e. The summed E-state index contributed by atoms with van der Waals surface area (Å²) in [4.78, 5) is 0. The highest BCUT2D eigenvalue weighted by Crippen LogP contribution is 2.18. The fourth-order valence-electron chi connectivity index (χ4n) is 1.29. The van der Waals surface area contributed by atoms with E-state index in [2.05, 4.69) is 0 Å². The van der Waals surface area contributed by atoms with Gasteiger partial charge in [0.1, 0.15) is 5.75 Å². The molecule has 0 unspecified atom stereocenters.